The Morgan fingerprint density at radius 2 is 1.13 bits per heavy atom. The topological polar surface area (TPSA) is 104 Å². The number of amides is 3. The summed E-state index contributed by atoms with van der Waals surface area (Å²) in [6.07, 6.45) is 1.30. The van der Waals surface area contributed by atoms with E-state index in [1.807, 2.05) is 48.5 Å². The van der Waals surface area contributed by atoms with E-state index in [1.54, 1.807) is 0 Å². The van der Waals surface area contributed by atoms with Crippen LogP contribution in [0.4, 0.5) is 0 Å². The predicted octanol–water partition coefficient (Wildman–Crippen LogP) is 2.35. The molecule has 0 aromatic heterocycles. The molecule has 7 nitrogen and oxygen atoms in total. The lowest BCUT2D eigenvalue weighted by Gasteiger charge is -2.26. The fourth-order valence-corrected chi connectivity index (χ4v) is 3.43. The van der Waals surface area contributed by atoms with Gasteiger partial charge in [0.1, 0.15) is 12.1 Å². The van der Waals surface area contributed by atoms with Crippen molar-refractivity contribution in [1.82, 2.24) is 16.0 Å². The van der Waals surface area contributed by atoms with Crippen LogP contribution in [0.1, 0.15) is 67.7 Å². The monoisotopic (exact) mass is 443 g/mol. The normalized spacial score (nSPS) is 14.4. The molecule has 0 rings (SSSR count). The Balaban J connectivity index is 5.48. The second-order valence-electron chi connectivity index (χ2n) is 9.08. The largest absolute Gasteiger partial charge is 0.355 e. The van der Waals surface area contributed by atoms with Crippen molar-refractivity contribution in [1.29, 1.82) is 0 Å². The van der Waals surface area contributed by atoms with Gasteiger partial charge in [-0.25, -0.2) is 0 Å². The molecule has 1 unspecified atom stereocenters. The zero-order valence-corrected chi connectivity index (χ0v) is 20.5. The summed E-state index contributed by atoms with van der Waals surface area (Å²) in [5.41, 5.74) is 0. The first-order valence-corrected chi connectivity index (χ1v) is 11.6. The number of likely N-dealkylation sites (N-methyl/N-ethyl adjacent to an activating group) is 1. The van der Waals surface area contributed by atoms with E-state index in [0.717, 1.165) is 0 Å². The van der Waals surface area contributed by atoms with Gasteiger partial charge in [-0.3, -0.25) is 19.2 Å². The summed E-state index contributed by atoms with van der Waals surface area (Å²) in [7, 11) is 0. The third kappa shape index (κ3) is 11.0. The highest BCUT2D eigenvalue weighted by Gasteiger charge is 2.32. The lowest BCUT2D eigenvalue weighted by Crippen LogP contribution is -2.55. The molecule has 0 aliphatic heterocycles. The van der Waals surface area contributed by atoms with E-state index in [-0.39, 0.29) is 35.2 Å². The van der Waals surface area contributed by atoms with Crippen molar-refractivity contribution in [3.63, 3.8) is 0 Å². The molecule has 0 aromatic rings. The molecule has 0 aliphatic carbocycles. The van der Waals surface area contributed by atoms with Crippen LogP contribution in [0, 0.1) is 23.7 Å². The summed E-state index contributed by atoms with van der Waals surface area (Å²) in [6.45, 7) is 14.0. The molecule has 0 aromatic carbocycles. The van der Waals surface area contributed by atoms with Gasteiger partial charge in [0.25, 0.3) is 0 Å². The number of Topliss-reactive ketones (excluding diaryl/α,β-unsaturated/α-hetero) is 1. The molecule has 0 fully saturated rings. The second kappa shape index (κ2) is 14.4. The van der Waals surface area contributed by atoms with Gasteiger partial charge in [-0.15, -0.1) is 0 Å². The molecule has 0 radical (unpaired) electrons. The van der Waals surface area contributed by atoms with Crippen LogP contribution in [0.5, 0.6) is 0 Å². The van der Waals surface area contributed by atoms with Crippen LogP contribution in [0.25, 0.3) is 0 Å². The van der Waals surface area contributed by atoms with Crippen molar-refractivity contribution in [2.75, 3.05) is 12.3 Å². The molecule has 0 saturated heterocycles. The molecule has 30 heavy (non-hydrogen) atoms. The Morgan fingerprint density at radius 3 is 1.53 bits per heavy atom. The molecule has 0 heterocycles. The van der Waals surface area contributed by atoms with Crippen LogP contribution >= 0.6 is 12.6 Å². The SMILES string of the molecule is CCNC(=O)[C@H](CC(C)C)NC(=O)[C@H](CC(C)C)NC(=O)C(CC(C)C)C(=O)CS. The van der Waals surface area contributed by atoms with Crippen molar-refractivity contribution in [2.24, 2.45) is 23.7 Å². The van der Waals surface area contributed by atoms with E-state index >= 15 is 0 Å². The van der Waals surface area contributed by atoms with Crippen molar-refractivity contribution in [2.45, 2.75) is 79.8 Å². The van der Waals surface area contributed by atoms with E-state index < -0.39 is 29.8 Å². The quantitative estimate of drug-likeness (QED) is 0.244. The van der Waals surface area contributed by atoms with E-state index in [0.29, 0.717) is 25.8 Å². The molecule has 0 bridgehead atoms. The number of hydrogen-bond acceptors (Lipinski definition) is 5. The van der Waals surface area contributed by atoms with E-state index in [1.165, 1.54) is 0 Å². The minimum atomic E-state index is -0.834. The molecular weight excluding hydrogens is 402 g/mol. The molecule has 3 atom stereocenters. The van der Waals surface area contributed by atoms with Crippen molar-refractivity contribution in [3.8, 4) is 0 Å². The molecule has 3 amide bonds. The zero-order chi connectivity index (χ0) is 23.4. The average Bonchev–Trinajstić information content (AvgIpc) is 2.63. The first-order valence-electron chi connectivity index (χ1n) is 10.9. The van der Waals surface area contributed by atoms with Gasteiger partial charge in [0.05, 0.1) is 11.7 Å². The maximum atomic E-state index is 13.0. The minimum Gasteiger partial charge on any atom is -0.355 e. The maximum Gasteiger partial charge on any atom is 0.243 e. The van der Waals surface area contributed by atoms with E-state index in [4.69, 9.17) is 0 Å². The molecule has 174 valence electrons. The van der Waals surface area contributed by atoms with Gasteiger partial charge in [0.15, 0.2) is 5.78 Å². The summed E-state index contributed by atoms with van der Waals surface area (Å²) in [5, 5.41) is 8.31. The van der Waals surface area contributed by atoms with Gasteiger partial charge >= 0.3 is 0 Å². The first kappa shape index (κ1) is 28.4. The van der Waals surface area contributed by atoms with Crippen LogP contribution in [-0.2, 0) is 19.2 Å². The lowest BCUT2D eigenvalue weighted by atomic mass is 9.92. The van der Waals surface area contributed by atoms with Gasteiger partial charge in [-0.1, -0.05) is 41.5 Å². The van der Waals surface area contributed by atoms with Gasteiger partial charge in [-0.05, 0) is 43.9 Å². The predicted molar refractivity (Wildman–Crippen MR) is 123 cm³/mol. The number of carbonyl (C=O) groups is 4. The summed E-state index contributed by atoms with van der Waals surface area (Å²) in [6, 6.07) is -1.49. The Labute approximate surface area is 187 Å². The number of carbonyl (C=O) groups excluding carboxylic acids is 4. The second-order valence-corrected chi connectivity index (χ2v) is 9.40. The Morgan fingerprint density at radius 1 is 0.700 bits per heavy atom. The van der Waals surface area contributed by atoms with Crippen LogP contribution in [0.15, 0.2) is 0 Å². The molecular formula is C22H41N3O4S. The van der Waals surface area contributed by atoms with Gasteiger partial charge < -0.3 is 16.0 Å². The molecule has 0 saturated carbocycles. The summed E-state index contributed by atoms with van der Waals surface area (Å²) in [4.78, 5) is 50.4. The number of nitrogens with one attached hydrogen (secondary N) is 3. The van der Waals surface area contributed by atoms with Gasteiger partial charge in [-0.2, -0.15) is 12.6 Å². The molecule has 3 N–H and O–H groups in total. The summed E-state index contributed by atoms with van der Waals surface area (Å²) < 4.78 is 0. The maximum absolute atomic E-state index is 13.0. The van der Waals surface area contributed by atoms with E-state index in [9.17, 15) is 19.2 Å². The fourth-order valence-electron chi connectivity index (χ4n) is 3.21. The fraction of sp³-hybridized carbons (Fsp3) is 0.818. The smallest absolute Gasteiger partial charge is 0.243 e. The standard InChI is InChI=1S/C22H41N3O4S/c1-8-23-21(28)17(10-14(4)5)25-22(29)18(11-15(6)7)24-20(27)16(9-13(2)3)19(26)12-30/h13-18,30H,8-12H2,1-7H3,(H,23,28)(H,24,27)(H,25,29)/t16?,17-,18-/m0/s1. The third-order valence-corrected chi connectivity index (χ3v) is 4.91. The first-order chi connectivity index (χ1) is 13.9. The number of rotatable bonds is 14. The third-order valence-electron chi connectivity index (χ3n) is 4.60. The Bertz CT molecular complexity index is 579. The van der Waals surface area contributed by atoms with Crippen LogP contribution < -0.4 is 16.0 Å². The van der Waals surface area contributed by atoms with Gasteiger partial charge in [0, 0.05) is 6.54 Å². The minimum absolute atomic E-state index is 0.0283. The van der Waals surface area contributed by atoms with Crippen molar-refractivity contribution >= 4 is 36.1 Å². The van der Waals surface area contributed by atoms with Crippen molar-refractivity contribution < 1.29 is 19.2 Å². The Kier molecular flexibility index (Phi) is 13.7. The summed E-state index contributed by atoms with van der Waals surface area (Å²) in [5.74, 6) is -1.73. The van der Waals surface area contributed by atoms with Crippen LogP contribution in [-0.4, -0.2) is 47.9 Å². The number of hydrogen-bond donors (Lipinski definition) is 4. The number of thiol groups is 1. The molecule has 0 spiro atoms. The highest BCUT2D eigenvalue weighted by Crippen LogP contribution is 2.16. The highest BCUT2D eigenvalue weighted by atomic mass is 32.1. The molecule has 8 heteroatoms. The molecule has 0 aliphatic rings. The lowest BCUT2D eigenvalue weighted by molar-refractivity contribution is -0.137. The summed E-state index contributed by atoms with van der Waals surface area (Å²) >= 11 is 4.02. The van der Waals surface area contributed by atoms with Crippen molar-refractivity contribution in [3.05, 3.63) is 0 Å². The van der Waals surface area contributed by atoms with Crippen LogP contribution in [0.2, 0.25) is 0 Å². The average molecular weight is 444 g/mol. The Hall–Kier alpha value is -1.57. The zero-order valence-electron chi connectivity index (χ0n) is 19.6. The van der Waals surface area contributed by atoms with Gasteiger partial charge in [0.2, 0.25) is 17.7 Å². The number of ketones is 1. The van der Waals surface area contributed by atoms with E-state index in [2.05, 4.69) is 28.6 Å². The van der Waals surface area contributed by atoms with Crippen LogP contribution in [0.3, 0.4) is 0 Å². The highest BCUT2D eigenvalue weighted by molar-refractivity contribution is 7.81.